The summed E-state index contributed by atoms with van der Waals surface area (Å²) in [4.78, 5) is 3.78. The SMILES string of the molecule is O=S(=O)(Cc1ccccc1)Oc1ccncc1. The Bertz CT molecular complexity index is 520. The van der Waals surface area contributed by atoms with E-state index in [1.54, 1.807) is 24.3 Å². The number of rotatable bonds is 4. The lowest BCUT2D eigenvalue weighted by atomic mass is 10.2. The molecule has 0 aliphatic heterocycles. The summed E-state index contributed by atoms with van der Waals surface area (Å²) in [6.07, 6.45) is 2.96. The molecule has 0 amide bonds. The third kappa shape index (κ3) is 3.57. The van der Waals surface area contributed by atoms with Crippen LogP contribution in [0.5, 0.6) is 5.75 Å². The van der Waals surface area contributed by atoms with Gasteiger partial charge >= 0.3 is 10.1 Å². The van der Waals surface area contributed by atoms with Crippen molar-refractivity contribution in [2.45, 2.75) is 5.75 Å². The van der Waals surface area contributed by atoms with Crippen LogP contribution < -0.4 is 4.18 Å². The Hall–Kier alpha value is -1.88. The number of hydrogen-bond acceptors (Lipinski definition) is 4. The lowest BCUT2D eigenvalue weighted by Gasteiger charge is -2.06. The van der Waals surface area contributed by atoms with E-state index in [0.717, 1.165) is 0 Å². The van der Waals surface area contributed by atoms with Gasteiger partial charge in [-0.1, -0.05) is 30.3 Å². The van der Waals surface area contributed by atoms with Crippen molar-refractivity contribution in [3.05, 3.63) is 60.4 Å². The van der Waals surface area contributed by atoms with Gasteiger partial charge in [0.1, 0.15) is 11.5 Å². The van der Waals surface area contributed by atoms with Crippen molar-refractivity contribution in [3.8, 4) is 5.75 Å². The molecule has 0 radical (unpaired) electrons. The summed E-state index contributed by atoms with van der Waals surface area (Å²) in [5.74, 6) is 0.131. The maximum atomic E-state index is 11.7. The Labute approximate surface area is 100 Å². The number of aromatic nitrogens is 1. The summed E-state index contributed by atoms with van der Waals surface area (Å²) >= 11 is 0. The Morgan fingerprint density at radius 2 is 1.65 bits per heavy atom. The van der Waals surface area contributed by atoms with Gasteiger partial charge in [0.15, 0.2) is 0 Å². The van der Waals surface area contributed by atoms with Crippen LogP contribution in [0.15, 0.2) is 54.9 Å². The van der Waals surface area contributed by atoms with E-state index in [1.807, 2.05) is 6.07 Å². The van der Waals surface area contributed by atoms with E-state index in [9.17, 15) is 8.42 Å². The van der Waals surface area contributed by atoms with Crippen molar-refractivity contribution in [1.29, 1.82) is 0 Å². The average Bonchev–Trinajstić information content (AvgIpc) is 2.30. The molecule has 1 heterocycles. The zero-order chi connectivity index (χ0) is 12.1. The third-order valence-corrected chi connectivity index (χ3v) is 3.19. The van der Waals surface area contributed by atoms with Crippen molar-refractivity contribution < 1.29 is 12.6 Å². The summed E-state index contributed by atoms with van der Waals surface area (Å²) in [7, 11) is -3.62. The van der Waals surface area contributed by atoms with Crippen LogP contribution in [0.1, 0.15) is 5.56 Å². The zero-order valence-corrected chi connectivity index (χ0v) is 9.80. The van der Waals surface area contributed by atoms with Crippen molar-refractivity contribution >= 4 is 10.1 Å². The van der Waals surface area contributed by atoms with E-state index in [1.165, 1.54) is 24.5 Å². The van der Waals surface area contributed by atoms with E-state index < -0.39 is 10.1 Å². The Morgan fingerprint density at radius 3 is 2.29 bits per heavy atom. The van der Waals surface area contributed by atoms with Crippen molar-refractivity contribution in [2.24, 2.45) is 0 Å². The van der Waals surface area contributed by atoms with E-state index >= 15 is 0 Å². The molecule has 0 unspecified atom stereocenters. The standard InChI is InChI=1S/C12H11NO3S/c14-17(15,10-11-4-2-1-3-5-11)16-12-6-8-13-9-7-12/h1-9H,10H2. The van der Waals surface area contributed by atoms with Crippen LogP contribution in [-0.4, -0.2) is 13.4 Å². The first-order valence-corrected chi connectivity index (χ1v) is 6.59. The fourth-order valence-electron chi connectivity index (χ4n) is 1.35. The van der Waals surface area contributed by atoms with Gasteiger partial charge in [-0.3, -0.25) is 4.98 Å². The summed E-state index contributed by atoms with van der Waals surface area (Å²) in [5, 5.41) is 0. The van der Waals surface area contributed by atoms with Gasteiger partial charge in [0.2, 0.25) is 0 Å². The molecule has 2 aromatic rings. The normalized spacial score (nSPS) is 11.1. The van der Waals surface area contributed by atoms with E-state index in [2.05, 4.69) is 4.98 Å². The van der Waals surface area contributed by atoms with Crippen LogP contribution >= 0.6 is 0 Å². The molecule has 4 nitrogen and oxygen atoms in total. The molecule has 88 valence electrons. The molecule has 0 bridgehead atoms. The third-order valence-electron chi connectivity index (χ3n) is 2.06. The van der Waals surface area contributed by atoms with Crippen LogP contribution in [0.3, 0.4) is 0 Å². The number of benzene rings is 1. The molecule has 0 N–H and O–H groups in total. The fraction of sp³-hybridized carbons (Fsp3) is 0.0833. The first-order valence-electron chi connectivity index (χ1n) is 5.02. The Morgan fingerprint density at radius 1 is 1.00 bits per heavy atom. The van der Waals surface area contributed by atoms with Gasteiger partial charge in [-0.15, -0.1) is 0 Å². The van der Waals surface area contributed by atoms with Gasteiger partial charge in [-0.25, -0.2) is 0 Å². The van der Waals surface area contributed by atoms with Gasteiger partial charge in [0.05, 0.1) is 0 Å². The summed E-state index contributed by atoms with van der Waals surface area (Å²) in [5.41, 5.74) is 0.696. The summed E-state index contributed by atoms with van der Waals surface area (Å²) in [6.45, 7) is 0. The second-order valence-corrected chi connectivity index (χ2v) is 5.02. The highest BCUT2D eigenvalue weighted by atomic mass is 32.2. The molecule has 0 saturated carbocycles. The first-order chi connectivity index (χ1) is 8.16. The van der Waals surface area contributed by atoms with Crippen LogP contribution in [-0.2, 0) is 15.9 Å². The molecule has 0 atom stereocenters. The van der Waals surface area contributed by atoms with Crippen LogP contribution in [0, 0.1) is 0 Å². The predicted octanol–water partition coefficient (Wildman–Crippen LogP) is 1.99. The minimum absolute atomic E-state index is 0.143. The zero-order valence-electron chi connectivity index (χ0n) is 8.98. The molecule has 1 aromatic carbocycles. The molecular weight excluding hydrogens is 238 g/mol. The minimum Gasteiger partial charge on any atom is -0.382 e. The predicted molar refractivity (Wildman–Crippen MR) is 63.9 cm³/mol. The summed E-state index contributed by atoms with van der Waals surface area (Å²) < 4.78 is 28.4. The van der Waals surface area contributed by atoms with Crippen molar-refractivity contribution in [2.75, 3.05) is 0 Å². The van der Waals surface area contributed by atoms with Gasteiger partial charge < -0.3 is 4.18 Å². The van der Waals surface area contributed by atoms with E-state index in [0.29, 0.717) is 5.56 Å². The van der Waals surface area contributed by atoms with Crippen molar-refractivity contribution in [3.63, 3.8) is 0 Å². The highest BCUT2D eigenvalue weighted by Gasteiger charge is 2.13. The lowest BCUT2D eigenvalue weighted by molar-refractivity contribution is 0.484. The lowest BCUT2D eigenvalue weighted by Crippen LogP contribution is -2.11. The number of pyridine rings is 1. The molecule has 2 rings (SSSR count). The van der Waals surface area contributed by atoms with Crippen molar-refractivity contribution in [1.82, 2.24) is 4.98 Å². The van der Waals surface area contributed by atoms with Gasteiger partial charge in [0.25, 0.3) is 0 Å². The molecule has 5 heteroatoms. The topological polar surface area (TPSA) is 56.3 Å². The van der Waals surface area contributed by atoms with Crippen LogP contribution in [0.25, 0.3) is 0 Å². The van der Waals surface area contributed by atoms with Crippen LogP contribution in [0.4, 0.5) is 0 Å². The molecule has 0 aliphatic rings. The monoisotopic (exact) mass is 249 g/mol. The second kappa shape index (κ2) is 4.97. The molecule has 0 spiro atoms. The molecule has 17 heavy (non-hydrogen) atoms. The number of nitrogens with zero attached hydrogens (tertiary/aromatic N) is 1. The van der Waals surface area contributed by atoms with E-state index in [-0.39, 0.29) is 11.5 Å². The second-order valence-electron chi connectivity index (χ2n) is 3.45. The van der Waals surface area contributed by atoms with Gasteiger partial charge in [0, 0.05) is 24.5 Å². The molecule has 0 aliphatic carbocycles. The highest BCUT2D eigenvalue weighted by Crippen LogP contribution is 2.13. The Kier molecular flexibility index (Phi) is 3.39. The quantitative estimate of drug-likeness (QED) is 0.777. The summed E-state index contributed by atoms with van der Waals surface area (Å²) in [6, 6.07) is 11.9. The van der Waals surface area contributed by atoms with Gasteiger partial charge in [-0.2, -0.15) is 8.42 Å². The maximum Gasteiger partial charge on any atom is 0.313 e. The largest absolute Gasteiger partial charge is 0.382 e. The highest BCUT2D eigenvalue weighted by molar-refractivity contribution is 7.86. The molecule has 1 aromatic heterocycles. The van der Waals surface area contributed by atoms with Gasteiger partial charge in [-0.05, 0) is 5.56 Å². The van der Waals surface area contributed by atoms with Crippen LogP contribution in [0.2, 0.25) is 0 Å². The minimum atomic E-state index is -3.62. The number of hydrogen-bond donors (Lipinski definition) is 0. The first kappa shape index (κ1) is 11.6. The Balaban J connectivity index is 2.11. The van der Waals surface area contributed by atoms with E-state index in [4.69, 9.17) is 4.18 Å². The maximum absolute atomic E-state index is 11.7. The molecule has 0 fully saturated rings. The fourth-order valence-corrected chi connectivity index (χ4v) is 2.41. The average molecular weight is 249 g/mol. The molecular formula is C12H11NO3S. The smallest absolute Gasteiger partial charge is 0.313 e. The molecule has 0 saturated heterocycles.